The van der Waals surface area contributed by atoms with E-state index in [2.05, 4.69) is 10.0 Å². The van der Waals surface area contributed by atoms with Crippen molar-refractivity contribution >= 4 is 22.4 Å². The van der Waals surface area contributed by atoms with Crippen molar-refractivity contribution in [1.82, 2.24) is 10.0 Å². The molecule has 124 valence electrons. The first kappa shape index (κ1) is 17.9. The van der Waals surface area contributed by atoms with Crippen LogP contribution in [0.1, 0.15) is 22.3 Å². The molecule has 0 spiro atoms. The van der Waals surface area contributed by atoms with Gasteiger partial charge in [-0.2, -0.15) is 0 Å². The molecule has 0 amide bonds. The third-order valence-electron chi connectivity index (χ3n) is 3.80. The van der Waals surface area contributed by atoms with Crippen LogP contribution in [0.3, 0.4) is 0 Å². The molecule has 0 aliphatic carbocycles. The fourth-order valence-corrected chi connectivity index (χ4v) is 3.98. The van der Waals surface area contributed by atoms with Crippen molar-refractivity contribution in [2.75, 3.05) is 0 Å². The van der Waals surface area contributed by atoms with Gasteiger partial charge in [-0.15, -0.1) is 12.4 Å². The molecule has 2 N–H and O–H groups in total. The highest BCUT2D eigenvalue weighted by Gasteiger charge is 2.21. The molecule has 0 saturated carbocycles. The number of nitrogens with one attached hydrogen (secondary N) is 2. The summed E-state index contributed by atoms with van der Waals surface area (Å²) in [5, 5.41) is 3.24. The maximum Gasteiger partial charge on any atom is 0.244 e. The molecule has 1 heterocycles. The molecule has 0 radical (unpaired) electrons. The molecule has 7 heteroatoms. The smallest absolute Gasteiger partial charge is 0.244 e. The van der Waals surface area contributed by atoms with Gasteiger partial charge < -0.3 is 5.32 Å². The van der Waals surface area contributed by atoms with Crippen LogP contribution in [0.5, 0.6) is 0 Å². The molecule has 0 bridgehead atoms. The van der Waals surface area contributed by atoms with E-state index in [0.717, 1.165) is 24.7 Å². The van der Waals surface area contributed by atoms with E-state index in [9.17, 15) is 12.8 Å². The van der Waals surface area contributed by atoms with Gasteiger partial charge in [0.2, 0.25) is 10.0 Å². The van der Waals surface area contributed by atoms with Crippen molar-refractivity contribution in [3.8, 4) is 0 Å². The Bertz CT molecular complexity index is 805. The van der Waals surface area contributed by atoms with E-state index in [4.69, 9.17) is 0 Å². The largest absolute Gasteiger partial charge is 0.309 e. The van der Waals surface area contributed by atoms with Crippen LogP contribution in [0.2, 0.25) is 0 Å². The van der Waals surface area contributed by atoms with Crippen molar-refractivity contribution in [3.63, 3.8) is 0 Å². The summed E-state index contributed by atoms with van der Waals surface area (Å²) in [6.45, 7) is 3.36. The Balaban J connectivity index is 0.00000192. The number of rotatable bonds is 4. The number of benzene rings is 2. The van der Waals surface area contributed by atoms with Crippen LogP contribution in [-0.2, 0) is 29.7 Å². The molecule has 2 aromatic carbocycles. The van der Waals surface area contributed by atoms with Gasteiger partial charge in [0.05, 0.1) is 0 Å². The molecular formula is C16H18ClFN2O2S. The Morgan fingerprint density at radius 2 is 1.91 bits per heavy atom. The third-order valence-corrected chi connectivity index (χ3v) is 5.38. The monoisotopic (exact) mass is 356 g/mol. The van der Waals surface area contributed by atoms with Gasteiger partial charge in [0.15, 0.2) is 0 Å². The van der Waals surface area contributed by atoms with E-state index in [-0.39, 0.29) is 23.8 Å². The molecule has 0 fully saturated rings. The first-order chi connectivity index (χ1) is 10.5. The zero-order valence-electron chi connectivity index (χ0n) is 12.6. The Morgan fingerprint density at radius 3 is 2.65 bits per heavy atom. The standard InChI is InChI=1S/C16H17FN2O2S.ClH/c1-11-3-2-4-15(17)16(11)22(20,21)19-8-12-5-6-13-9-18-10-14(13)7-12;/h2-7,18-19H,8-10H2,1H3;1H. The number of fused-ring (bicyclic) bond motifs is 1. The lowest BCUT2D eigenvalue weighted by molar-refractivity contribution is 0.554. The number of hydrogen-bond donors (Lipinski definition) is 2. The van der Waals surface area contributed by atoms with E-state index in [1.807, 2.05) is 18.2 Å². The van der Waals surface area contributed by atoms with Gasteiger partial charge in [-0.3, -0.25) is 0 Å². The molecule has 2 aromatic rings. The molecule has 0 saturated heterocycles. The van der Waals surface area contributed by atoms with Crippen molar-refractivity contribution in [2.24, 2.45) is 0 Å². The number of sulfonamides is 1. The lowest BCUT2D eigenvalue weighted by Gasteiger charge is -2.11. The van der Waals surface area contributed by atoms with Gasteiger partial charge in [-0.05, 0) is 35.2 Å². The van der Waals surface area contributed by atoms with Crippen LogP contribution in [0.25, 0.3) is 0 Å². The highest BCUT2D eigenvalue weighted by molar-refractivity contribution is 7.89. The SMILES string of the molecule is Cc1cccc(F)c1S(=O)(=O)NCc1ccc2c(c1)CNC2.Cl. The maximum absolute atomic E-state index is 13.8. The predicted octanol–water partition coefficient (Wildman–Crippen LogP) is 2.64. The fraction of sp³-hybridized carbons (Fsp3) is 0.250. The van der Waals surface area contributed by atoms with Gasteiger partial charge in [0.25, 0.3) is 0 Å². The summed E-state index contributed by atoms with van der Waals surface area (Å²) in [4.78, 5) is -0.280. The number of halogens is 2. The van der Waals surface area contributed by atoms with Crippen LogP contribution >= 0.6 is 12.4 Å². The van der Waals surface area contributed by atoms with E-state index in [0.29, 0.717) is 5.56 Å². The quantitative estimate of drug-likeness (QED) is 0.885. The summed E-state index contributed by atoms with van der Waals surface area (Å²) in [5.74, 6) is -0.731. The Kier molecular flexibility index (Phi) is 5.41. The number of hydrogen-bond acceptors (Lipinski definition) is 3. The minimum Gasteiger partial charge on any atom is -0.309 e. The predicted molar refractivity (Wildman–Crippen MR) is 89.4 cm³/mol. The highest BCUT2D eigenvalue weighted by Crippen LogP contribution is 2.20. The van der Waals surface area contributed by atoms with Crippen molar-refractivity contribution in [3.05, 3.63) is 64.5 Å². The molecule has 3 rings (SSSR count). The van der Waals surface area contributed by atoms with E-state index >= 15 is 0 Å². The lowest BCUT2D eigenvalue weighted by atomic mass is 10.1. The summed E-state index contributed by atoms with van der Waals surface area (Å²) >= 11 is 0. The summed E-state index contributed by atoms with van der Waals surface area (Å²) in [6, 6.07) is 10.1. The van der Waals surface area contributed by atoms with Crippen LogP contribution in [0, 0.1) is 12.7 Å². The van der Waals surface area contributed by atoms with Crippen LogP contribution in [0.15, 0.2) is 41.3 Å². The van der Waals surface area contributed by atoms with Gasteiger partial charge in [-0.25, -0.2) is 17.5 Å². The minimum absolute atomic E-state index is 0. The zero-order valence-corrected chi connectivity index (χ0v) is 14.2. The Hall–Kier alpha value is -1.47. The summed E-state index contributed by atoms with van der Waals surface area (Å²) in [6.07, 6.45) is 0. The van der Waals surface area contributed by atoms with Crippen LogP contribution < -0.4 is 10.0 Å². The Labute approximate surface area is 141 Å². The Morgan fingerprint density at radius 1 is 1.17 bits per heavy atom. The second-order valence-corrected chi connectivity index (χ2v) is 7.12. The average Bonchev–Trinajstić information content (AvgIpc) is 2.92. The van der Waals surface area contributed by atoms with E-state index < -0.39 is 15.8 Å². The van der Waals surface area contributed by atoms with Crippen LogP contribution in [0.4, 0.5) is 4.39 Å². The van der Waals surface area contributed by atoms with Gasteiger partial charge in [0.1, 0.15) is 10.7 Å². The number of aryl methyl sites for hydroxylation is 1. The third kappa shape index (κ3) is 3.72. The maximum atomic E-state index is 13.8. The molecule has 4 nitrogen and oxygen atoms in total. The second kappa shape index (κ2) is 6.97. The summed E-state index contributed by atoms with van der Waals surface area (Å²) in [5.41, 5.74) is 3.67. The lowest BCUT2D eigenvalue weighted by Crippen LogP contribution is -2.25. The van der Waals surface area contributed by atoms with E-state index in [1.54, 1.807) is 13.0 Å². The molecular weight excluding hydrogens is 339 g/mol. The normalized spacial score (nSPS) is 13.5. The van der Waals surface area contributed by atoms with Crippen molar-refractivity contribution in [1.29, 1.82) is 0 Å². The molecule has 1 aliphatic rings. The van der Waals surface area contributed by atoms with Crippen molar-refractivity contribution in [2.45, 2.75) is 31.5 Å². The molecule has 0 aromatic heterocycles. The summed E-state index contributed by atoms with van der Waals surface area (Å²) < 4.78 is 40.9. The van der Waals surface area contributed by atoms with Gasteiger partial charge in [-0.1, -0.05) is 30.3 Å². The van der Waals surface area contributed by atoms with Gasteiger partial charge in [0, 0.05) is 19.6 Å². The van der Waals surface area contributed by atoms with Crippen molar-refractivity contribution < 1.29 is 12.8 Å². The summed E-state index contributed by atoms with van der Waals surface area (Å²) in [7, 11) is -3.87. The molecule has 0 unspecified atom stereocenters. The average molecular weight is 357 g/mol. The minimum atomic E-state index is -3.87. The van der Waals surface area contributed by atoms with Crippen LogP contribution in [-0.4, -0.2) is 8.42 Å². The first-order valence-electron chi connectivity index (χ1n) is 7.03. The zero-order chi connectivity index (χ0) is 15.7. The van der Waals surface area contributed by atoms with Gasteiger partial charge >= 0.3 is 0 Å². The molecule has 23 heavy (non-hydrogen) atoms. The van der Waals surface area contributed by atoms with E-state index in [1.165, 1.54) is 17.2 Å². The first-order valence-corrected chi connectivity index (χ1v) is 8.52. The highest BCUT2D eigenvalue weighted by atomic mass is 35.5. The molecule has 0 atom stereocenters. The topological polar surface area (TPSA) is 58.2 Å². The second-order valence-electron chi connectivity index (χ2n) is 5.42. The fourth-order valence-electron chi connectivity index (χ4n) is 2.67. The molecule has 1 aliphatic heterocycles.